The maximum absolute atomic E-state index is 12.7. The number of carbonyl (C=O) groups is 1. The number of para-hydroxylation sites is 1. The molecule has 1 aliphatic rings. The minimum Gasteiger partial charge on any atom is -0.405 e. The Bertz CT molecular complexity index is 801. The number of carbonyl (C=O) groups excluding carboxylic acids is 1. The van der Waals surface area contributed by atoms with Crippen LogP contribution in [0.4, 0.5) is 13.2 Å². The minimum absolute atomic E-state index is 0.129. The molecule has 0 radical (unpaired) electrons. The van der Waals surface area contributed by atoms with Gasteiger partial charge in [-0.05, 0) is 50.7 Å². The van der Waals surface area contributed by atoms with Gasteiger partial charge in [-0.15, -0.1) is 13.2 Å². The minimum atomic E-state index is -4.85. The van der Waals surface area contributed by atoms with Crippen LogP contribution in [0.25, 0.3) is 0 Å². The Hall–Kier alpha value is -2.54. The number of hydrogen-bond acceptors (Lipinski definition) is 3. The zero-order valence-electron chi connectivity index (χ0n) is 15.6. The molecule has 28 heavy (non-hydrogen) atoms. The first-order valence-electron chi connectivity index (χ1n) is 9.16. The van der Waals surface area contributed by atoms with Gasteiger partial charge in [0.2, 0.25) is 0 Å². The van der Waals surface area contributed by atoms with Gasteiger partial charge < -0.3 is 15.0 Å². The van der Waals surface area contributed by atoms with Crippen LogP contribution >= 0.6 is 0 Å². The number of alkyl halides is 3. The number of amides is 1. The standard InChI is InChI=1S/C21H23F3N2O2/c1-26-13-11-20(12-14-26,16-7-3-2-4-8-16)15-25-19(27)17-9-5-6-10-18(17)28-21(22,23)24/h2-10H,11-15H2,1H3,(H,25,27). The molecule has 1 saturated heterocycles. The number of nitrogens with zero attached hydrogens (tertiary/aromatic N) is 1. The van der Waals surface area contributed by atoms with Crippen molar-refractivity contribution in [3.05, 3.63) is 65.7 Å². The van der Waals surface area contributed by atoms with Gasteiger partial charge in [0.25, 0.3) is 5.91 Å². The van der Waals surface area contributed by atoms with Crippen molar-refractivity contribution in [1.29, 1.82) is 0 Å². The van der Waals surface area contributed by atoms with Crippen LogP contribution in [-0.2, 0) is 5.41 Å². The lowest BCUT2D eigenvalue weighted by atomic mass is 9.72. The van der Waals surface area contributed by atoms with Crippen LogP contribution in [-0.4, -0.2) is 43.9 Å². The fraction of sp³-hybridized carbons (Fsp3) is 0.381. The van der Waals surface area contributed by atoms with Crippen molar-refractivity contribution in [1.82, 2.24) is 10.2 Å². The first-order chi connectivity index (χ1) is 13.3. The second kappa shape index (κ2) is 8.22. The molecule has 1 fully saturated rings. The fourth-order valence-corrected chi connectivity index (χ4v) is 3.62. The summed E-state index contributed by atoms with van der Waals surface area (Å²) < 4.78 is 41.9. The summed E-state index contributed by atoms with van der Waals surface area (Å²) in [6.45, 7) is 2.13. The molecule has 1 amide bonds. The topological polar surface area (TPSA) is 41.6 Å². The first kappa shape index (κ1) is 20.2. The molecule has 1 aliphatic heterocycles. The van der Waals surface area contributed by atoms with E-state index in [2.05, 4.69) is 22.0 Å². The van der Waals surface area contributed by atoms with Gasteiger partial charge in [-0.25, -0.2) is 0 Å². The lowest BCUT2D eigenvalue weighted by Gasteiger charge is -2.41. The van der Waals surface area contributed by atoms with E-state index in [0.29, 0.717) is 6.54 Å². The average molecular weight is 392 g/mol. The molecule has 0 saturated carbocycles. The second-order valence-corrected chi connectivity index (χ2v) is 7.18. The van der Waals surface area contributed by atoms with E-state index in [-0.39, 0.29) is 11.0 Å². The van der Waals surface area contributed by atoms with E-state index >= 15 is 0 Å². The fourth-order valence-electron chi connectivity index (χ4n) is 3.62. The number of benzene rings is 2. The average Bonchev–Trinajstić information content (AvgIpc) is 2.67. The van der Waals surface area contributed by atoms with Crippen molar-refractivity contribution in [2.24, 2.45) is 0 Å². The van der Waals surface area contributed by atoms with Crippen LogP contribution in [0, 0.1) is 0 Å². The summed E-state index contributed by atoms with van der Waals surface area (Å²) in [6.07, 6.45) is -3.14. The highest BCUT2D eigenvalue weighted by Gasteiger charge is 2.36. The van der Waals surface area contributed by atoms with Gasteiger partial charge in [-0.2, -0.15) is 0 Å². The molecule has 0 bridgehead atoms. The maximum atomic E-state index is 12.7. The summed E-state index contributed by atoms with van der Waals surface area (Å²) in [5, 5.41) is 2.84. The zero-order chi connectivity index (χ0) is 20.2. The molecule has 3 rings (SSSR count). The summed E-state index contributed by atoms with van der Waals surface area (Å²) in [5.41, 5.74) is 0.752. The Morgan fingerprint density at radius 2 is 1.68 bits per heavy atom. The zero-order valence-corrected chi connectivity index (χ0v) is 15.6. The SMILES string of the molecule is CN1CCC(CNC(=O)c2ccccc2OC(F)(F)F)(c2ccccc2)CC1. The third-order valence-corrected chi connectivity index (χ3v) is 5.28. The monoisotopic (exact) mass is 392 g/mol. The third kappa shape index (κ3) is 4.84. The van der Waals surface area contributed by atoms with Gasteiger partial charge in [-0.3, -0.25) is 4.79 Å². The predicted molar refractivity (Wildman–Crippen MR) is 100 cm³/mol. The van der Waals surface area contributed by atoms with Crippen molar-refractivity contribution in [2.45, 2.75) is 24.6 Å². The molecule has 4 nitrogen and oxygen atoms in total. The Morgan fingerprint density at radius 3 is 2.32 bits per heavy atom. The molecule has 0 aromatic heterocycles. The molecule has 0 spiro atoms. The lowest BCUT2D eigenvalue weighted by Crippen LogP contribution is -2.48. The molecule has 1 heterocycles. The van der Waals surface area contributed by atoms with E-state index in [9.17, 15) is 18.0 Å². The van der Waals surface area contributed by atoms with E-state index < -0.39 is 18.0 Å². The highest BCUT2D eigenvalue weighted by Crippen LogP contribution is 2.35. The normalized spacial score (nSPS) is 17.1. The highest BCUT2D eigenvalue weighted by atomic mass is 19.4. The largest absolute Gasteiger partial charge is 0.573 e. The molecule has 0 aliphatic carbocycles. The Kier molecular flexibility index (Phi) is 5.93. The van der Waals surface area contributed by atoms with Crippen LogP contribution in [0.1, 0.15) is 28.8 Å². The highest BCUT2D eigenvalue weighted by molar-refractivity contribution is 5.97. The number of nitrogens with one attached hydrogen (secondary N) is 1. The number of piperidine rings is 1. The number of halogens is 3. The van der Waals surface area contributed by atoms with Gasteiger partial charge in [0.05, 0.1) is 5.56 Å². The Morgan fingerprint density at radius 1 is 1.07 bits per heavy atom. The van der Waals surface area contributed by atoms with Crippen molar-refractivity contribution < 1.29 is 22.7 Å². The molecule has 0 atom stereocenters. The lowest BCUT2D eigenvalue weighted by molar-refractivity contribution is -0.274. The summed E-state index contributed by atoms with van der Waals surface area (Å²) in [6, 6.07) is 15.3. The van der Waals surface area contributed by atoms with Crippen molar-refractivity contribution in [3.63, 3.8) is 0 Å². The third-order valence-electron chi connectivity index (χ3n) is 5.28. The van der Waals surface area contributed by atoms with E-state index in [0.717, 1.165) is 37.6 Å². The summed E-state index contributed by atoms with van der Waals surface area (Å²) >= 11 is 0. The molecular weight excluding hydrogens is 369 g/mol. The first-order valence-corrected chi connectivity index (χ1v) is 9.16. The molecule has 2 aromatic carbocycles. The molecule has 2 aromatic rings. The van der Waals surface area contributed by atoms with Crippen molar-refractivity contribution >= 4 is 5.91 Å². The van der Waals surface area contributed by atoms with Gasteiger partial charge in [0, 0.05) is 12.0 Å². The van der Waals surface area contributed by atoms with Gasteiger partial charge in [0.15, 0.2) is 0 Å². The molecular formula is C21H23F3N2O2. The van der Waals surface area contributed by atoms with Gasteiger partial charge >= 0.3 is 6.36 Å². The van der Waals surface area contributed by atoms with E-state index in [1.165, 1.54) is 18.2 Å². The summed E-state index contributed by atoms with van der Waals surface area (Å²) in [7, 11) is 2.05. The Balaban J connectivity index is 1.78. The van der Waals surface area contributed by atoms with E-state index in [4.69, 9.17) is 0 Å². The van der Waals surface area contributed by atoms with E-state index in [1.807, 2.05) is 30.3 Å². The molecule has 150 valence electrons. The molecule has 0 unspecified atom stereocenters. The maximum Gasteiger partial charge on any atom is 0.573 e. The van der Waals surface area contributed by atoms with Crippen LogP contribution in [0.3, 0.4) is 0 Å². The van der Waals surface area contributed by atoms with Crippen molar-refractivity contribution in [2.75, 3.05) is 26.7 Å². The summed E-state index contributed by atoms with van der Waals surface area (Å²) in [4.78, 5) is 14.9. The number of hydrogen-bond donors (Lipinski definition) is 1. The van der Waals surface area contributed by atoms with Crippen LogP contribution in [0.15, 0.2) is 54.6 Å². The quantitative estimate of drug-likeness (QED) is 0.837. The predicted octanol–water partition coefficient (Wildman–Crippen LogP) is 3.98. The molecule has 7 heteroatoms. The number of likely N-dealkylation sites (tertiary alicyclic amines) is 1. The number of rotatable bonds is 5. The summed E-state index contributed by atoms with van der Waals surface area (Å²) in [5.74, 6) is -1.07. The van der Waals surface area contributed by atoms with Crippen LogP contribution in [0.5, 0.6) is 5.75 Å². The second-order valence-electron chi connectivity index (χ2n) is 7.18. The van der Waals surface area contributed by atoms with E-state index in [1.54, 1.807) is 0 Å². The van der Waals surface area contributed by atoms with Crippen LogP contribution < -0.4 is 10.1 Å². The van der Waals surface area contributed by atoms with Gasteiger partial charge in [0.1, 0.15) is 5.75 Å². The van der Waals surface area contributed by atoms with Crippen LogP contribution in [0.2, 0.25) is 0 Å². The number of ether oxygens (including phenoxy) is 1. The Labute approximate surface area is 162 Å². The van der Waals surface area contributed by atoms with Crippen molar-refractivity contribution in [3.8, 4) is 5.75 Å². The smallest absolute Gasteiger partial charge is 0.405 e. The molecule has 1 N–H and O–H groups in total. The van der Waals surface area contributed by atoms with Gasteiger partial charge in [-0.1, -0.05) is 42.5 Å².